The van der Waals surface area contributed by atoms with Gasteiger partial charge in [0, 0.05) is 20.2 Å². The van der Waals surface area contributed by atoms with Crippen molar-refractivity contribution in [2.24, 2.45) is 5.41 Å². The highest BCUT2D eigenvalue weighted by molar-refractivity contribution is 5.77. The van der Waals surface area contributed by atoms with Crippen molar-refractivity contribution in [3.05, 3.63) is 0 Å². The third-order valence-corrected chi connectivity index (χ3v) is 1.57. The van der Waals surface area contributed by atoms with Gasteiger partial charge in [-0.25, -0.2) is 0 Å². The van der Waals surface area contributed by atoms with Crippen LogP contribution in [0.2, 0.25) is 0 Å². The zero-order chi connectivity index (χ0) is 11.0. The van der Waals surface area contributed by atoms with Crippen LogP contribution >= 0.6 is 0 Å². The van der Waals surface area contributed by atoms with Crippen molar-refractivity contribution in [2.75, 3.05) is 33.4 Å². The van der Waals surface area contributed by atoms with E-state index in [1.54, 1.807) is 7.11 Å². The van der Waals surface area contributed by atoms with E-state index in [0.29, 0.717) is 19.7 Å². The average molecular weight is 202 g/mol. The Labute approximate surface area is 86.4 Å². The second-order valence-electron chi connectivity index (χ2n) is 4.51. The highest BCUT2D eigenvalue weighted by Crippen LogP contribution is 2.09. The second kappa shape index (κ2) is 6.79. The lowest BCUT2D eigenvalue weighted by Gasteiger charge is -2.18. The highest BCUT2D eigenvalue weighted by atomic mass is 16.5. The Balaban J connectivity index is 3.36. The molecule has 1 amide bonds. The van der Waals surface area contributed by atoms with Crippen molar-refractivity contribution in [1.29, 1.82) is 0 Å². The molecule has 0 bridgehead atoms. The van der Waals surface area contributed by atoms with Crippen LogP contribution in [0.25, 0.3) is 0 Å². The van der Waals surface area contributed by atoms with Crippen LogP contribution in [-0.2, 0) is 9.53 Å². The van der Waals surface area contributed by atoms with Gasteiger partial charge in [-0.1, -0.05) is 20.8 Å². The molecule has 0 saturated heterocycles. The van der Waals surface area contributed by atoms with Gasteiger partial charge in [0.05, 0.1) is 13.2 Å². The molecule has 14 heavy (non-hydrogen) atoms. The number of carbonyl (C=O) groups is 1. The van der Waals surface area contributed by atoms with E-state index in [9.17, 15) is 4.79 Å². The number of hydrogen-bond donors (Lipinski definition) is 2. The largest absolute Gasteiger partial charge is 0.383 e. The van der Waals surface area contributed by atoms with Gasteiger partial charge < -0.3 is 15.4 Å². The Morgan fingerprint density at radius 2 is 2.00 bits per heavy atom. The lowest BCUT2D eigenvalue weighted by Crippen LogP contribution is -2.38. The van der Waals surface area contributed by atoms with E-state index in [-0.39, 0.29) is 11.3 Å². The van der Waals surface area contributed by atoms with Gasteiger partial charge in [-0.05, 0) is 5.41 Å². The van der Waals surface area contributed by atoms with Crippen LogP contribution in [0.15, 0.2) is 0 Å². The summed E-state index contributed by atoms with van der Waals surface area (Å²) in [6, 6.07) is 0. The molecule has 0 rings (SSSR count). The quantitative estimate of drug-likeness (QED) is 0.612. The van der Waals surface area contributed by atoms with E-state index in [0.717, 1.165) is 6.54 Å². The Bertz CT molecular complexity index is 164. The first-order valence-corrected chi connectivity index (χ1v) is 4.92. The molecule has 0 radical (unpaired) electrons. The summed E-state index contributed by atoms with van der Waals surface area (Å²) in [5.41, 5.74) is 0.215. The molecule has 0 aromatic carbocycles. The predicted molar refractivity (Wildman–Crippen MR) is 57.2 cm³/mol. The summed E-state index contributed by atoms with van der Waals surface area (Å²) in [6.07, 6.45) is 0. The van der Waals surface area contributed by atoms with E-state index in [4.69, 9.17) is 4.74 Å². The molecule has 0 aliphatic heterocycles. The van der Waals surface area contributed by atoms with Crippen molar-refractivity contribution >= 4 is 5.91 Å². The van der Waals surface area contributed by atoms with Crippen LogP contribution in [0.3, 0.4) is 0 Å². The van der Waals surface area contributed by atoms with Crippen LogP contribution in [0, 0.1) is 5.41 Å². The molecule has 0 saturated carbocycles. The molecule has 84 valence electrons. The minimum atomic E-state index is 0.0197. The highest BCUT2D eigenvalue weighted by Gasteiger charge is 2.09. The third kappa shape index (κ3) is 9.48. The number of ether oxygens (including phenoxy) is 1. The lowest BCUT2D eigenvalue weighted by molar-refractivity contribution is -0.120. The van der Waals surface area contributed by atoms with Crippen molar-refractivity contribution in [3.8, 4) is 0 Å². The fourth-order valence-corrected chi connectivity index (χ4v) is 0.906. The first-order chi connectivity index (χ1) is 6.45. The predicted octanol–water partition coefficient (Wildman–Crippen LogP) is 0.385. The molecular formula is C10H22N2O2. The number of methoxy groups -OCH3 is 1. The maximum Gasteiger partial charge on any atom is 0.234 e. The standard InChI is InChI=1S/C10H22N2O2/c1-10(2,3)8-11-7-9(13)12-5-6-14-4/h11H,5-8H2,1-4H3,(H,12,13). The lowest BCUT2D eigenvalue weighted by atomic mass is 9.97. The summed E-state index contributed by atoms with van der Waals surface area (Å²) in [4.78, 5) is 11.2. The molecule has 0 aromatic rings. The minimum Gasteiger partial charge on any atom is -0.383 e. The average Bonchev–Trinajstić information content (AvgIpc) is 2.02. The summed E-state index contributed by atoms with van der Waals surface area (Å²) < 4.78 is 4.82. The molecule has 0 aromatic heterocycles. The Hall–Kier alpha value is -0.610. The zero-order valence-corrected chi connectivity index (χ0v) is 9.64. The van der Waals surface area contributed by atoms with Gasteiger partial charge in [-0.2, -0.15) is 0 Å². The van der Waals surface area contributed by atoms with Crippen LogP contribution in [0.5, 0.6) is 0 Å². The fraction of sp³-hybridized carbons (Fsp3) is 0.900. The SMILES string of the molecule is COCCNC(=O)CNCC(C)(C)C. The van der Waals surface area contributed by atoms with Crippen molar-refractivity contribution < 1.29 is 9.53 Å². The van der Waals surface area contributed by atoms with Gasteiger partial charge in [0.25, 0.3) is 0 Å². The molecule has 4 nitrogen and oxygen atoms in total. The molecule has 4 heteroatoms. The molecule has 0 aliphatic carbocycles. The number of amides is 1. The number of carbonyl (C=O) groups excluding carboxylic acids is 1. The van der Waals surface area contributed by atoms with Gasteiger partial charge >= 0.3 is 0 Å². The fourth-order valence-electron chi connectivity index (χ4n) is 0.906. The van der Waals surface area contributed by atoms with Gasteiger partial charge in [-0.3, -0.25) is 4.79 Å². The monoisotopic (exact) mass is 202 g/mol. The molecule has 0 spiro atoms. The van der Waals surface area contributed by atoms with Crippen LogP contribution < -0.4 is 10.6 Å². The smallest absolute Gasteiger partial charge is 0.234 e. The van der Waals surface area contributed by atoms with E-state index in [1.807, 2.05) is 0 Å². The van der Waals surface area contributed by atoms with Crippen LogP contribution in [0.4, 0.5) is 0 Å². The molecule has 2 N–H and O–H groups in total. The topological polar surface area (TPSA) is 50.4 Å². The van der Waals surface area contributed by atoms with Gasteiger partial charge in [0.1, 0.15) is 0 Å². The Kier molecular flexibility index (Phi) is 6.49. The van der Waals surface area contributed by atoms with Crippen LogP contribution in [0.1, 0.15) is 20.8 Å². The normalized spacial score (nSPS) is 11.4. The molecule has 0 unspecified atom stereocenters. The van der Waals surface area contributed by atoms with E-state index in [2.05, 4.69) is 31.4 Å². The van der Waals surface area contributed by atoms with Gasteiger partial charge in [0.15, 0.2) is 0 Å². The summed E-state index contributed by atoms with van der Waals surface area (Å²) in [5, 5.41) is 5.84. The Morgan fingerprint density at radius 1 is 1.36 bits per heavy atom. The van der Waals surface area contributed by atoms with E-state index < -0.39 is 0 Å². The zero-order valence-electron chi connectivity index (χ0n) is 9.64. The molecule has 0 aliphatic rings. The minimum absolute atomic E-state index is 0.0197. The van der Waals surface area contributed by atoms with Crippen molar-refractivity contribution in [3.63, 3.8) is 0 Å². The molecule has 0 heterocycles. The van der Waals surface area contributed by atoms with E-state index in [1.165, 1.54) is 0 Å². The van der Waals surface area contributed by atoms with Crippen molar-refractivity contribution in [1.82, 2.24) is 10.6 Å². The molecular weight excluding hydrogens is 180 g/mol. The summed E-state index contributed by atoms with van der Waals surface area (Å²) in [6.45, 7) is 8.73. The summed E-state index contributed by atoms with van der Waals surface area (Å²) in [5.74, 6) is 0.0197. The molecule has 0 fully saturated rings. The number of nitrogens with one attached hydrogen (secondary N) is 2. The van der Waals surface area contributed by atoms with Gasteiger partial charge in [-0.15, -0.1) is 0 Å². The maximum atomic E-state index is 11.2. The maximum absolute atomic E-state index is 11.2. The second-order valence-corrected chi connectivity index (χ2v) is 4.51. The first kappa shape index (κ1) is 13.4. The summed E-state index contributed by atoms with van der Waals surface area (Å²) in [7, 11) is 1.62. The van der Waals surface area contributed by atoms with Crippen LogP contribution in [-0.4, -0.2) is 39.3 Å². The Morgan fingerprint density at radius 3 is 2.50 bits per heavy atom. The number of rotatable bonds is 6. The third-order valence-electron chi connectivity index (χ3n) is 1.57. The van der Waals surface area contributed by atoms with Gasteiger partial charge in [0.2, 0.25) is 5.91 Å². The van der Waals surface area contributed by atoms with E-state index >= 15 is 0 Å². The molecule has 0 atom stereocenters. The van der Waals surface area contributed by atoms with Crippen molar-refractivity contribution in [2.45, 2.75) is 20.8 Å². The first-order valence-electron chi connectivity index (χ1n) is 4.92. The summed E-state index contributed by atoms with van der Waals surface area (Å²) >= 11 is 0. The number of hydrogen-bond acceptors (Lipinski definition) is 3.